The summed E-state index contributed by atoms with van der Waals surface area (Å²) in [5.74, 6) is 0.899. The van der Waals surface area contributed by atoms with Crippen molar-refractivity contribution in [2.45, 2.75) is 0 Å². The molecule has 0 spiro atoms. The van der Waals surface area contributed by atoms with Gasteiger partial charge < -0.3 is 14.8 Å². The number of halogens is 1. The van der Waals surface area contributed by atoms with Crippen molar-refractivity contribution in [3.05, 3.63) is 58.6 Å². The molecular weight excluding hydrogens is 360 g/mol. The first-order chi connectivity index (χ1) is 12.1. The molecule has 7 heteroatoms. The van der Waals surface area contributed by atoms with Crippen LogP contribution < -0.4 is 14.8 Å². The Hall–Kier alpha value is -2.57. The number of methoxy groups -OCH3 is 2. The molecule has 0 fully saturated rings. The number of rotatable bonds is 5. The molecule has 128 valence electrons. The zero-order chi connectivity index (χ0) is 17.8. The summed E-state index contributed by atoms with van der Waals surface area (Å²) < 4.78 is 10.4. The predicted molar refractivity (Wildman–Crippen MR) is 100 cm³/mol. The predicted octanol–water partition coefficient (Wildman–Crippen LogP) is 4.73. The van der Waals surface area contributed by atoms with Crippen LogP contribution in [-0.2, 0) is 0 Å². The van der Waals surface area contributed by atoms with E-state index in [0.717, 1.165) is 5.56 Å². The van der Waals surface area contributed by atoms with Gasteiger partial charge in [-0.3, -0.25) is 4.79 Å². The molecule has 0 bridgehead atoms. The number of aromatic nitrogens is 1. The fraction of sp³-hybridized carbons (Fsp3) is 0.111. The van der Waals surface area contributed by atoms with Crippen LogP contribution in [0, 0.1) is 0 Å². The van der Waals surface area contributed by atoms with Gasteiger partial charge in [-0.2, -0.15) is 0 Å². The first kappa shape index (κ1) is 17.3. The summed E-state index contributed by atoms with van der Waals surface area (Å²) >= 11 is 7.46. The summed E-state index contributed by atoms with van der Waals surface area (Å²) in [6, 6.07) is 12.6. The van der Waals surface area contributed by atoms with E-state index in [-0.39, 0.29) is 5.91 Å². The highest BCUT2D eigenvalue weighted by Crippen LogP contribution is 2.33. The number of thiazole rings is 1. The Labute approximate surface area is 154 Å². The Morgan fingerprint density at radius 1 is 1.16 bits per heavy atom. The molecule has 0 saturated heterocycles. The highest BCUT2D eigenvalue weighted by atomic mass is 35.5. The van der Waals surface area contributed by atoms with Gasteiger partial charge in [0.2, 0.25) is 0 Å². The molecule has 0 saturated carbocycles. The Morgan fingerprint density at radius 2 is 1.96 bits per heavy atom. The van der Waals surface area contributed by atoms with E-state index < -0.39 is 0 Å². The molecule has 1 N–H and O–H groups in total. The SMILES string of the molecule is COc1ccc(NC(=O)c2cnc(-c3ccccc3Cl)s2)c(OC)c1. The number of carbonyl (C=O) groups is 1. The Balaban J connectivity index is 1.82. The average Bonchev–Trinajstić information content (AvgIpc) is 3.12. The maximum absolute atomic E-state index is 12.5. The summed E-state index contributed by atoms with van der Waals surface area (Å²) in [7, 11) is 3.10. The lowest BCUT2D eigenvalue weighted by Crippen LogP contribution is -2.11. The van der Waals surface area contributed by atoms with E-state index in [1.165, 1.54) is 24.6 Å². The molecule has 0 radical (unpaired) electrons. The van der Waals surface area contributed by atoms with Crippen molar-refractivity contribution in [2.75, 3.05) is 19.5 Å². The van der Waals surface area contributed by atoms with Crippen LogP contribution in [-0.4, -0.2) is 25.1 Å². The number of ether oxygens (including phenoxy) is 2. The molecule has 5 nitrogen and oxygen atoms in total. The number of carbonyl (C=O) groups excluding carboxylic acids is 1. The Bertz CT molecular complexity index is 911. The molecule has 3 aromatic rings. The lowest BCUT2D eigenvalue weighted by atomic mass is 10.2. The van der Waals surface area contributed by atoms with Gasteiger partial charge in [0.15, 0.2) is 0 Å². The van der Waals surface area contributed by atoms with Crippen LogP contribution in [0.25, 0.3) is 10.6 Å². The van der Waals surface area contributed by atoms with Crippen molar-refractivity contribution < 1.29 is 14.3 Å². The monoisotopic (exact) mass is 374 g/mol. The van der Waals surface area contributed by atoms with Crippen molar-refractivity contribution in [1.29, 1.82) is 0 Å². The zero-order valence-electron chi connectivity index (χ0n) is 13.6. The first-order valence-corrected chi connectivity index (χ1v) is 8.56. The van der Waals surface area contributed by atoms with Gasteiger partial charge in [-0.15, -0.1) is 11.3 Å². The third-order valence-corrected chi connectivity index (χ3v) is 4.85. The van der Waals surface area contributed by atoms with E-state index in [9.17, 15) is 4.79 Å². The van der Waals surface area contributed by atoms with Crippen molar-refractivity contribution in [2.24, 2.45) is 0 Å². The molecule has 1 heterocycles. The summed E-state index contributed by atoms with van der Waals surface area (Å²) in [6.45, 7) is 0. The fourth-order valence-corrected chi connectivity index (χ4v) is 3.36. The molecule has 0 atom stereocenters. The normalized spacial score (nSPS) is 10.4. The van der Waals surface area contributed by atoms with E-state index >= 15 is 0 Å². The zero-order valence-corrected chi connectivity index (χ0v) is 15.1. The average molecular weight is 375 g/mol. The van der Waals surface area contributed by atoms with Gasteiger partial charge in [0.1, 0.15) is 21.4 Å². The second kappa shape index (κ2) is 7.55. The second-order valence-electron chi connectivity index (χ2n) is 5.03. The smallest absolute Gasteiger partial charge is 0.267 e. The van der Waals surface area contributed by atoms with Crippen LogP contribution in [0.1, 0.15) is 9.67 Å². The van der Waals surface area contributed by atoms with E-state index in [0.29, 0.717) is 32.1 Å². The minimum Gasteiger partial charge on any atom is -0.497 e. The van der Waals surface area contributed by atoms with Crippen LogP contribution in [0.3, 0.4) is 0 Å². The second-order valence-corrected chi connectivity index (χ2v) is 6.47. The fourth-order valence-electron chi connectivity index (χ4n) is 2.22. The maximum atomic E-state index is 12.5. The van der Waals surface area contributed by atoms with Gasteiger partial charge in [-0.05, 0) is 18.2 Å². The quantitative estimate of drug-likeness (QED) is 0.701. The van der Waals surface area contributed by atoms with E-state index in [2.05, 4.69) is 10.3 Å². The number of hydrogen-bond acceptors (Lipinski definition) is 5. The minimum atomic E-state index is -0.265. The highest BCUT2D eigenvalue weighted by molar-refractivity contribution is 7.17. The molecular formula is C18H15ClN2O3S. The minimum absolute atomic E-state index is 0.265. The molecule has 1 amide bonds. The highest BCUT2D eigenvalue weighted by Gasteiger charge is 2.15. The number of nitrogens with one attached hydrogen (secondary N) is 1. The first-order valence-electron chi connectivity index (χ1n) is 7.36. The molecule has 0 unspecified atom stereocenters. The van der Waals surface area contributed by atoms with Crippen LogP contribution in [0.4, 0.5) is 5.69 Å². The maximum Gasteiger partial charge on any atom is 0.267 e. The largest absolute Gasteiger partial charge is 0.497 e. The lowest BCUT2D eigenvalue weighted by molar-refractivity contribution is 0.103. The topological polar surface area (TPSA) is 60.5 Å². The summed E-state index contributed by atoms with van der Waals surface area (Å²) in [4.78, 5) is 17.3. The number of amides is 1. The Morgan fingerprint density at radius 3 is 2.68 bits per heavy atom. The van der Waals surface area contributed by atoms with Gasteiger partial charge in [0, 0.05) is 11.6 Å². The van der Waals surface area contributed by atoms with Crippen LogP contribution >= 0.6 is 22.9 Å². The van der Waals surface area contributed by atoms with Crippen molar-refractivity contribution in [3.63, 3.8) is 0 Å². The van der Waals surface area contributed by atoms with E-state index in [1.54, 1.807) is 31.4 Å². The number of hydrogen-bond donors (Lipinski definition) is 1. The van der Waals surface area contributed by atoms with Crippen molar-refractivity contribution >= 4 is 34.5 Å². The summed E-state index contributed by atoms with van der Waals surface area (Å²) in [5, 5.41) is 4.12. The molecule has 25 heavy (non-hydrogen) atoms. The standard InChI is InChI=1S/C18H15ClN2O3S/c1-23-11-7-8-14(15(9-11)24-2)21-17(22)16-10-20-18(25-16)12-5-3-4-6-13(12)19/h3-10H,1-2H3,(H,21,22). The molecule has 1 aromatic heterocycles. The van der Waals surface area contributed by atoms with Gasteiger partial charge in [0.25, 0.3) is 5.91 Å². The van der Waals surface area contributed by atoms with Crippen LogP contribution in [0.2, 0.25) is 5.02 Å². The van der Waals surface area contributed by atoms with Crippen LogP contribution in [0.15, 0.2) is 48.7 Å². The van der Waals surface area contributed by atoms with Gasteiger partial charge in [-0.1, -0.05) is 29.8 Å². The number of anilines is 1. The molecule has 0 aliphatic carbocycles. The lowest BCUT2D eigenvalue weighted by Gasteiger charge is -2.10. The third kappa shape index (κ3) is 3.75. The van der Waals surface area contributed by atoms with Crippen molar-refractivity contribution in [1.82, 2.24) is 4.98 Å². The van der Waals surface area contributed by atoms with Gasteiger partial charge in [-0.25, -0.2) is 4.98 Å². The molecule has 0 aliphatic rings. The number of benzene rings is 2. The molecule has 3 rings (SSSR count). The third-order valence-electron chi connectivity index (χ3n) is 3.49. The molecule has 2 aromatic carbocycles. The van der Waals surface area contributed by atoms with Gasteiger partial charge >= 0.3 is 0 Å². The molecule has 0 aliphatic heterocycles. The summed E-state index contributed by atoms with van der Waals surface area (Å²) in [6.07, 6.45) is 1.54. The van der Waals surface area contributed by atoms with E-state index in [1.807, 2.05) is 18.2 Å². The Kier molecular flexibility index (Phi) is 5.21. The van der Waals surface area contributed by atoms with Gasteiger partial charge in [0.05, 0.1) is 31.1 Å². The van der Waals surface area contributed by atoms with Crippen LogP contribution in [0.5, 0.6) is 11.5 Å². The summed E-state index contributed by atoms with van der Waals surface area (Å²) in [5.41, 5.74) is 1.36. The number of nitrogens with zero attached hydrogens (tertiary/aromatic N) is 1. The van der Waals surface area contributed by atoms with E-state index in [4.69, 9.17) is 21.1 Å². The van der Waals surface area contributed by atoms with Crippen molar-refractivity contribution in [3.8, 4) is 22.1 Å².